The molecule has 1 aliphatic carbocycles. The quantitative estimate of drug-likeness (QED) is 0.151. The molecule has 3 N–H and O–H groups in total. The van der Waals surface area contributed by atoms with Crippen LogP contribution in [-0.2, 0) is 21.0 Å². The number of rotatable bonds is 9. The van der Waals surface area contributed by atoms with Crippen LogP contribution >= 0.6 is 15.9 Å². The third kappa shape index (κ3) is 7.73. The Morgan fingerprint density at radius 1 is 0.857 bits per heavy atom. The number of amides is 2. The first-order valence-corrected chi connectivity index (χ1v) is 17.1. The molecule has 4 unspecified atom stereocenters. The predicted octanol–water partition coefficient (Wildman–Crippen LogP) is 7.90. The normalized spacial score (nSPS) is 20.4. The molecular formula is C40H43BrN2O6. The zero-order valence-electron chi connectivity index (χ0n) is 28.9. The summed E-state index contributed by atoms with van der Waals surface area (Å²) in [4.78, 5) is 42.6. The van der Waals surface area contributed by atoms with Crippen LogP contribution in [0.4, 0.5) is 11.4 Å². The standard InChI is InChI=1S/C40H43BrN2O6/c1-22-12-14-25(4)30(16-22)42-38(45)35-32(44)20-40(6,47)36(39(46)43-31-17-23(2)13-15-26(31)5)34(35)28-18-29(41)37(33(19-28)48-7)49-21-27-11-9-8-10-24(27)3/h8-19,34-36,47H,20-21H2,1-7H3,(H,42,45)(H,43,46). The van der Waals surface area contributed by atoms with Gasteiger partial charge in [0.1, 0.15) is 18.3 Å². The van der Waals surface area contributed by atoms with Crippen molar-refractivity contribution in [3.8, 4) is 11.5 Å². The minimum Gasteiger partial charge on any atom is -0.493 e. The summed E-state index contributed by atoms with van der Waals surface area (Å²) in [6, 6.07) is 22.7. The Kier molecular flexibility index (Phi) is 10.6. The van der Waals surface area contributed by atoms with Gasteiger partial charge in [-0.25, -0.2) is 0 Å². The highest BCUT2D eigenvalue weighted by Crippen LogP contribution is 2.49. The fraction of sp³-hybridized carbons (Fsp3) is 0.325. The summed E-state index contributed by atoms with van der Waals surface area (Å²) < 4.78 is 12.5. The molecule has 0 radical (unpaired) electrons. The molecule has 49 heavy (non-hydrogen) atoms. The molecule has 2 amide bonds. The lowest BCUT2D eigenvalue weighted by Crippen LogP contribution is -2.56. The van der Waals surface area contributed by atoms with Crippen LogP contribution in [0.2, 0.25) is 0 Å². The number of benzene rings is 4. The van der Waals surface area contributed by atoms with Gasteiger partial charge in [0.25, 0.3) is 0 Å². The molecule has 9 heteroatoms. The maximum absolute atomic E-state index is 14.4. The molecule has 5 rings (SSSR count). The van der Waals surface area contributed by atoms with E-state index < -0.39 is 41.0 Å². The zero-order chi connectivity index (χ0) is 35.6. The summed E-state index contributed by atoms with van der Waals surface area (Å²) in [5.41, 5.74) is 5.48. The van der Waals surface area contributed by atoms with Gasteiger partial charge >= 0.3 is 0 Å². The van der Waals surface area contributed by atoms with E-state index in [1.54, 1.807) is 12.1 Å². The molecule has 256 valence electrons. The van der Waals surface area contributed by atoms with Gasteiger partial charge in [0.15, 0.2) is 11.5 Å². The molecule has 1 saturated carbocycles. The van der Waals surface area contributed by atoms with Crippen molar-refractivity contribution in [1.82, 2.24) is 0 Å². The van der Waals surface area contributed by atoms with Crippen molar-refractivity contribution < 1.29 is 29.0 Å². The first kappa shape index (κ1) is 35.8. The lowest BCUT2D eigenvalue weighted by Gasteiger charge is -2.44. The predicted molar refractivity (Wildman–Crippen MR) is 195 cm³/mol. The van der Waals surface area contributed by atoms with Crippen LogP contribution in [0.1, 0.15) is 58.2 Å². The van der Waals surface area contributed by atoms with Gasteiger partial charge in [-0.15, -0.1) is 0 Å². The van der Waals surface area contributed by atoms with E-state index in [1.165, 1.54) is 14.0 Å². The molecule has 0 saturated heterocycles. The van der Waals surface area contributed by atoms with Crippen molar-refractivity contribution in [3.05, 3.63) is 116 Å². The Bertz CT molecular complexity index is 1920. The third-order valence-electron chi connectivity index (χ3n) is 9.40. The number of aliphatic hydroxyl groups is 1. The Hall–Kier alpha value is -4.47. The number of ether oxygens (including phenoxy) is 2. The van der Waals surface area contributed by atoms with Crippen molar-refractivity contribution in [2.24, 2.45) is 11.8 Å². The molecular weight excluding hydrogens is 684 g/mol. The highest BCUT2D eigenvalue weighted by Gasteiger charge is 2.56. The Morgan fingerprint density at radius 2 is 1.45 bits per heavy atom. The van der Waals surface area contributed by atoms with E-state index in [0.717, 1.165) is 33.4 Å². The lowest BCUT2D eigenvalue weighted by molar-refractivity contribution is -0.150. The zero-order valence-corrected chi connectivity index (χ0v) is 30.5. The van der Waals surface area contributed by atoms with Crippen LogP contribution in [0.5, 0.6) is 11.5 Å². The highest BCUT2D eigenvalue weighted by atomic mass is 79.9. The SMILES string of the molecule is COc1cc(C2C(C(=O)Nc3cc(C)ccc3C)C(=O)CC(C)(O)C2C(=O)Nc2cc(C)ccc2C)cc(Br)c1OCc1ccccc1C. The second-order valence-electron chi connectivity index (χ2n) is 13.3. The van der Waals surface area contributed by atoms with Gasteiger partial charge in [0.05, 0.1) is 23.1 Å². The maximum atomic E-state index is 14.4. The minimum absolute atomic E-state index is 0.277. The molecule has 1 fully saturated rings. The molecule has 0 spiro atoms. The van der Waals surface area contributed by atoms with Crippen LogP contribution in [0.15, 0.2) is 77.3 Å². The highest BCUT2D eigenvalue weighted by molar-refractivity contribution is 9.10. The van der Waals surface area contributed by atoms with Gasteiger partial charge < -0.3 is 25.2 Å². The average Bonchev–Trinajstić information content (AvgIpc) is 3.03. The van der Waals surface area contributed by atoms with Gasteiger partial charge in [-0.05, 0) is 121 Å². The van der Waals surface area contributed by atoms with E-state index in [-0.39, 0.29) is 13.0 Å². The van der Waals surface area contributed by atoms with Crippen LogP contribution in [-0.4, -0.2) is 35.4 Å². The van der Waals surface area contributed by atoms with Gasteiger partial charge in [0, 0.05) is 23.7 Å². The number of ketones is 1. The summed E-state index contributed by atoms with van der Waals surface area (Å²) in [6.45, 7) is 11.4. The van der Waals surface area contributed by atoms with Crippen molar-refractivity contribution in [3.63, 3.8) is 0 Å². The van der Waals surface area contributed by atoms with Crippen LogP contribution < -0.4 is 20.1 Å². The molecule has 4 aromatic carbocycles. The van der Waals surface area contributed by atoms with Gasteiger partial charge in [0.2, 0.25) is 11.8 Å². The largest absolute Gasteiger partial charge is 0.493 e. The lowest BCUT2D eigenvalue weighted by atomic mass is 9.61. The molecule has 0 aromatic heterocycles. The Morgan fingerprint density at radius 3 is 2.04 bits per heavy atom. The number of Topliss-reactive ketones (excluding diaryl/α,β-unsaturated/α-hetero) is 1. The van der Waals surface area contributed by atoms with Gasteiger partial charge in [-0.2, -0.15) is 0 Å². The smallest absolute Gasteiger partial charge is 0.235 e. The Balaban J connectivity index is 1.62. The molecule has 1 aliphatic rings. The molecule has 0 aliphatic heterocycles. The molecule has 0 bridgehead atoms. The summed E-state index contributed by atoms with van der Waals surface area (Å²) >= 11 is 3.64. The monoisotopic (exact) mass is 726 g/mol. The number of halogens is 1. The van der Waals surface area contributed by atoms with Crippen molar-refractivity contribution >= 4 is 44.9 Å². The van der Waals surface area contributed by atoms with E-state index in [4.69, 9.17) is 9.47 Å². The number of nitrogens with one attached hydrogen (secondary N) is 2. The number of anilines is 2. The van der Waals surface area contributed by atoms with E-state index in [1.807, 2.05) is 95.3 Å². The topological polar surface area (TPSA) is 114 Å². The second-order valence-corrected chi connectivity index (χ2v) is 14.2. The second kappa shape index (κ2) is 14.6. The number of aryl methyl sites for hydroxylation is 5. The van der Waals surface area contributed by atoms with Gasteiger partial charge in [-0.1, -0.05) is 48.5 Å². The number of carbonyl (C=O) groups is 3. The fourth-order valence-electron chi connectivity index (χ4n) is 6.65. The molecule has 4 atom stereocenters. The van der Waals surface area contributed by atoms with Crippen LogP contribution in [0.25, 0.3) is 0 Å². The molecule has 0 heterocycles. The van der Waals surface area contributed by atoms with Crippen molar-refractivity contribution in [1.29, 1.82) is 0 Å². The van der Waals surface area contributed by atoms with E-state index in [9.17, 15) is 19.5 Å². The van der Waals surface area contributed by atoms with Crippen LogP contribution in [0, 0.1) is 46.5 Å². The van der Waals surface area contributed by atoms with Crippen LogP contribution in [0.3, 0.4) is 0 Å². The summed E-state index contributed by atoms with van der Waals surface area (Å²) in [5, 5.41) is 17.9. The third-order valence-corrected chi connectivity index (χ3v) is 9.99. The van der Waals surface area contributed by atoms with Gasteiger partial charge in [-0.3, -0.25) is 14.4 Å². The maximum Gasteiger partial charge on any atom is 0.235 e. The Labute approximate surface area is 296 Å². The number of methoxy groups -OCH3 is 1. The number of hydrogen-bond acceptors (Lipinski definition) is 6. The summed E-state index contributed by atoms with van der Waals surface area (Å²) in [6.07, 6.45) is -0.380. The number of carbonyl (C=O) groups excluding carboxylic acids is 3. The van der Waals surface area contributed by atoms with Crippen molar-refractivity contribution in [2.45, 2.75) is 66.1 Å². The molecule has 4 aromatic rings. The molecule has 8 nitrogen and oxygen atoms in total. The average molecular weight is 728 g/mol. The van der Waals surface area contributed by atoms with E-state index in [0.29, 0.717) is 32.9 Å². The summed E-state index contributed by atoms with van der Waals surface area (Å²) in [5.74, 6) is -4.33. The van der Waals surface area contributed by atoms with E-state index in [2.05, 4.69) is 26.6 Å². The number of hydrogen-bond donors (Lipinski definition) is 3. The van der Waals surface area contributed by atoms with E-state index >= 15 is 0 Å². The van der Waals surface area contributed by atoms with Crippen molar-refractivity contribution in [2.75, 3.05) is 17.7 Å². The summed E-state index contributed by atoms with van der Waals surface area (Å²) in [7, 11) is 1.50. The first-order valence-electron chi connectivity index (χ1n) is 16.3. The first-order chi connectivity index (χ1) is 23.2. The minimum atomic E-state index is -1.78. The fourth-order valence-corrected chi connectivity index (χ4v) is 7.22.